The van der Waals surface area contributed by atoms with Crippen LogP contribution in [0.2, 0.25) is 0 Å². The van der Waals surface area contributed by atoms with E-state index in [2.05, 4.69) is 6.07 Å². The second-order valence-electron chi connectivity index (χ2n) is 2.62. The van der Waals surface area contributed by atoms with Crippen molar-refractivity contribution in [3.05, 3.63) is 28.8 Å². The lowest BCUT2D eigenvalue weighted by molar-refractivity contribution is 1.33. The third-order valence-electron chi connectivity index (χ3n) is 1.84. The molecule has 0 aromatic heterocycles. The maximum absolute atomic E-state index is 8.57. The molecule has 0 saturated carbocycles. The molecule has 2 N–H and O–H groups in total. The summed E-state index contributed by atoms with van der Waals surface area (Å²) >= 11 is 0. The summed E-state index contributed by atoms with van der Waals surface area (Å²) in [5.74, 6) is 0. The van der Waals surface area contributed by atoms with Gasteiger partial charge in [-0.3, -0.25) is 0 Å². The number of rotatable bonds is 0. The van der Waals surface area contributed by atoms with E-state index in [9.17, 15) is 0 Å². The maximum atomic E-state index is 8.57. The third kappa shape index (κ3) is 2.79. The van der Waals surface area contributed by atoms with Crippen molar-refractivity contribution in [2.24, 2.45) is 0 Å². The molecule has 0 bridgehead atoms. The van der Waals surface area contributed by atoms with Crippen LogP contribution in [-0.4, -0.2) is 0 Å². The lowest BCUT2D eigenvalue weighted by Crippen LogP contribution is -1.93. The summed E-state index contributed by atoms with van der Waals surface area (Å²) in [5.41, 5.74) is 9.10. The molecule has 2 nitrogen and oxygen atoms in total. The van der Waals surface area contributed by atoms with E-state index < -0.39 is 0 Å². The molecule has 70 valence electrons. The molecule has 0 aliphatic carbocycles. The SMILES string of the molecule is CC.Cc1cc(C#N)cc(N)c1C. The van der Waals surface area contributed by atoms with Gasteiger partial charge >= 0.3 is 0 Å². The maximum Gasteiger partial charge on any atom is 0.0992 e. The summed E-state index contributed by atoms with van der Waals surface area (Å²) in [6.07, 6.45) is 0. The number of hydrogen-bond acceptors (Lipinski definition) is 2. The molecule has 0 saturated heterocycles. The number of anilines is 1. The van der Waals surface area contributed by atoms with Crippen LogP contribution < -0.4 is 5.73 Å². The predicted octanol–water partition coefficient (Wildman–Crippen LogP) is 2.78. The van der Waals surface area contributed by atoms with Gasteiger partial charge in [-0.1, -0.05) is 13.8 Å². The van der Waals surface area contributed by atoms with Gasteiger partial charge in [-0.25, -0.2) is 0 Å². The van der Waals surface area contributed by atoms with Crippen molar-refractivity contribution in [3.63, 3.8) is 0 Å². The first-order chi connectivity index (χ1) is 6.15. The smallest absolute Gasteiger partial charge is 0.0992 e. The molecule has 0 spiro atoms. The lowest BCUT2D eigenvalue weighted by Gasteiger charge is -2.03. The molecular weight excluding hydrogens is 160 g/mol. The Morgan fingerprint density at radius 2 is 1.77 bits per heavy atom. The number of benzene rings is 1. The molecule has 0 radical (unpaired) electrons. The van der Waals surface area contributed by atoms with Gasteiger partial charge in [0.05, 0.1) is 11.6 Å². The molecule has 0 amide bonds. The summed E-state index contributed by atoms with van der Waals surface area (Å²) < 4.78 is 0. The average molecular weight is 176 g/mol. The Labute approximate surface area is 80.0 Å². The second-order valence-corrected chi connectivity index (χ2v) is 2.62. The quantitative estimate of drug-likeness (QED) is 0.618. The highest BCUT2D eigenvalue weighted by molar-refractivity contribution is 5.55. The van der Waals surface area contributed by atoms with Crippen LogP contribution in [-0.2, 0) is 0 Å². The monoisotopic (exact) mass is 176 g/mol. The van der Waals surface area contributed by atoms with Crippen LogP contribution in [0.25, 0.3) is 0 Å². The largest absolute Gasteiger partial charge is 0.398 e. The number of nitrogen functional groups attached to an aromatic ring is 1. The zero-order valence-electron chi connectivity index (χ0n) is 8.68. The molecule has 0 atom stereocenters. The van der Waals surface area contributed by atoms with Gasteiger partial charge < -0.3 is 5.73 Å². The van der Waals surface area contributed by atoms with E-state index in [0.717, 1.165) is 11.1 Å². The van der Waals surface area contributed by atoms with Gasteiger partial charge in [-0.2, -0.15) is 5.26 Å². The van der Waals surface area contributed by atoms with Crippen LogP contribution in [0, 0.1) is 25.2 Å². The van der Waals surface area contributed by atoms with Crippen molar-refractivity contribution in [2.75, 3.05) is 5.73 Å². The van der Waals surface area contributed by atoms with E-state index in [-0.39, 0.29) is 0 Å². The summed E-state index contributed by atoms with van der Waals surface area (Å²) in [6, 6.07) is 5.59. The fourth-order valence-electron chi connectivity index (χ4n) is 0.951. The van der Waals surface area contributed by atoms with Gasteiger partial charge in [0.15, 0.2) is 0 Å². The van der Waals surface area contributed by atoms with E-state index in [1.165, 1.54) is 0 Å². The normalized spacial score (nSPS) is 8.23. The molecular formula is C11H16N2. The zero-order valence-corrected chi connectivity index (χ0v) is 8.68. The first kappa shape index (κ1) is 11.5. The number of nitriles is 1. The van der Waals surface area contributed by atoms with E-state index >= 15 is 0 Å². The summed E-state index contributed by atoms with van der Waals surface area (Å²) in [4.78, 5) is 0. The Morgan fingerprint density at radius 1 is 1.23 bits per heavy atom. The molecule has 0 unspecified atom stereocenters. The van der Waals surface area contributed by atoms with Crippen LogP contribution in [0.3, 0.4) is 0 Å². The summed E-state index contributed by atoms with van der Waals surface area (Å²) in [7, 11) is 0. The van der Waals surface area contributed by atoms with Crippen molar-refractivity contribution in [1.82, 2.24) is 0 Å². The van der Waals surface area contributed by atoms with Gasteiger partial charge in [0.2, 0.25) is 0 Å². The fourth-order valence-corrected chi connectivity index (χ4v) is 0.951. The highest BCUT2D eigenvalue weighted by Gasteiger charge is 1.99. The minimum absolute atomic E-state index is 0.630. The molecule has 13 heavy (non-hydrogen) atoms. The van der Waals surface area contributed by atoms with Gasteiger partial charge in [0.1, 0.15) is 0 Å². The zero-order chi connectivity index (χ0) is 10.4. The Balaban J connectivity index is 0.000000671. The number of nitrogens with zero attached hydrogens (tertiary/aromatic N) is 1. The molecule has 0 aliphatic heterocycles. The Bertz CT molecular complexity index is 298. The van der Waals surface area contributed by atoms with E-state index in [4.69, 9.17) is 11.0 Å². The molecule has 1 rings (SSSR count). The molecule has 0 aliphatic rings. The number of hydrogen-bond donors (Lipinski definition) is 1. The average Bonchev–Trinajstić information content (AvgIpc) is 2.16. The topological polar surface area (TPSA) is 49.8 Å². The molecule has 1 aromatic rings. The van der Waals surface area contributed by atoms with Gasteiger partial charge in [-0.15, -0.1) is 0 Å². The fraction of sp³-hybridized carbons (Fsp3) is 0.364. The van der Waals surface area contributed by atoms with Crippen LogP contribution in [0.15, 0.2) is 12.1 Å². The number of aryl methyl sites for hydroxylation is 1. The highest BCUT2D eigenvalue weighted by atomic mass is 14.6. The van der Waals surface area contributed by atoms with Crippen molar-refractivity contribution in [3.8, 4) is 6.07 Å². The first-order valence-corrected chi connectivity index (χ1v) is 4.42. The predicted molar refractivity (Wildman–Crippen MR) is 56.4 cm³/mol. The van der Waals surface area contributed by atoms with Gasteiger partial charge in [0.25, 0.3) is 0 Å². The summed E-state index contributed by atoms with van der Waals surface area (Å²) in [6.45, 7) is 7.90. The Kier molecular flexibility index (Phi) is 4.61. The van der Waals surface area contributed by atoms with Crippen molar-refractivity contribution in [2.45, 2.75) is 27.7 Å². The van der Waals surface area contributed by atoms with Crippen molar-refractivity contribution in [1.29, 1.82) is 5.26 Å². The molecule has 2 heteroatoms. The van der Waals surface area contributed by atoms with Gasteiger partial charge in [0, 0.05) is 5.69 Å². The third-order valence-corrected chi connectivity index (χ3v) is 1.84. The Hall–Kier alpha value is -1.49. The molecule has 0 fully saturated rings. The number of nitrogens with two attached hydrogens (primary N) is 1. The van der Waals surface area contributed by atoms with Crippen LogP contribution in [0.1, 0.15) is 30.5 Å². The van der Waals surface area contributed by atoms with E-state index in [1.54, 1.807) is 6.07 Å². The highest BCUT2D eigenvalue weighted by Crippen LogP contribution is 2.17. The first-order valence-electron chi connectivity index (χ1n) is 4.42. The second kappa shape index (κ2) is 5.21. The minimum Gasteiger partial charge on any atom is -0.398 e. The minimum atomic E-state index is 0.630. The van der Waals surface area contributed by atoms with E-state index in [1.807, 2.05) is 33.8 Å². The van der Waals surface area contributed by atoms with Crippen LogP contribution in [0.4, 0.5) is 5.69 Å². The lowest BCUT2D eigenvalue weighted by atomic mass is 10.1. The Morgan fingerprint density at radius 3 is 2.15 bits per heavy atom. The van der Waals surface area contributed by atoms with Crippen molar-refractivity contribution < 1.29 is 0 Å². The van der Waals surface area contributed by atoms with Crippen LogP contribution >= 0.6 is 0 Å². The van der Waals surface area contributed by atoms with E-state index in [0.29, 0.717) is 11.3 Å². The van der Waals surface area contributed by atoms with Crippen LogP contribution in [0.5, 0.6) is 0 Å². The van der Waals surface area contributed by atoms with Crippen molar-refractivity contribution >= 4 is 5.69 Å². The summed E-state index contributed by atoms with van der Waals surface area (Å²) in [5, 5.41) is 8.57. The molecule has 0 heterocycles. The van der Waals surface area contributed by atoms with Gasteiger partial charge in [-0.05, 0) is 37.1 Å². The molecule has 1 aromatic carbocycles. The standard InChI is InChI=1S/C9H10N2.C2H6/c1-6-3-8(5-10)4-9(11)7(6)2;1-2/h3-4H,11H2,1-2H3;1-2H3.